The highest BCUT2D eigenvalue weighted by Gasteiger charge is 2.40. The summed E-state index contributed by atoms with van der Waals surface area (Å²) in [5.74, 6) is -2.60. The minimum Gasteiger partial charge on any atom is -0.206 e. The van der Waals surface area contributed by atoms with E-state index < -0.39 is 134 Å². The predicted molar refractivity (Wildman–Crippen MR) is 367 cm³/mol. The average Bonchev–Trinajstić information content (AvgIpc) is 0.800. The third-order valence-corrected chi connectivity index (χ3v) is 20.0. The van der Waals surface area contributed by atoms with E-state index in [0.29, 0.717) is 60.0 Å². The van der Waals surface area contributed by atoms with Gasteiger partial charge in [-0.1, -0.05) is 73.9 Å². The maximum atomic E-state index is 12.9. The third kappa shape index (κ3) is 31.9. The summed E-state index contributed by atoms with van der Waals surface area (Å²) in [6.07, 6.45) is -40.2. The summed E-state index contributed by atoms with van der Waals surface area (Å²) in [6.45, 7) is 14.8. The molecule has 40 heteroatoms. The van der Waals surface area contributed by atoms with Gasteiger partial charge in [0.1, 0.15) is 17.5 Å². The lowest BCUT2D eigenvalue weighted by atomic mass is 10.0. The quantitative estimate of drug-likeness (QED) is 0.133. The van der Waals surface area contributed by atoms with Crippen LogP contribution in [0.4, 0.5) is 132 Å². The lowest BCUT2D eigenvalue weighted by Gasteiger charge is -2.15. The number of hydrogen-bond donors (Lipinski definition) is 0. The van der Waals surface area contributed by atoms with Gasteiger partial charge in [0.15, 0.2) is 0 Å². The Balaban J connectivity index is 0.000000612. The highest BCUT2D eigenvalue weighted by atomic mass is 79.9. The molecule has 594 valence electrons. The van der Waals surface area contributed by atoms with E-state index in [-0.39, 0.29) is 51.2 Å². The van der Waals surface area contributed by atoms with E-state index in [4.69, 9.17) is 58.0 Å². The van der Waals surface area contributed by atoms with E-state index in [1.54, 1.807) is 34.6 Å². The van der Waals surface area contributed by atoms with Crippen LogP contribution in [0, 0.1) is 86.7 Å². The molecule has 8 aromatic rings. The Morgan fingerprint density at radius 2 is 0.486 bits per heavy atom. The number of aryl methyl sites for hydroxylation is 8. The summed E-state index contributed by atoms with van der Waals surface area (Å²) in [4.78, 5) is 0. The van der Waals surface area contributed by atoms with Crippen LogP contribution in [0.2, 0.25) is 25.1 Å². The van der Waals surface area contributed by atoms with Gasteiger partial charge in [-0.15, -0.1) is 0 Å². The van der Waals surface area contributed by atoms with E-state index >= 15 is 0 Å². The van der Waals surface area contributed by atoms with E-state index in [0.717, 1.165) is 85.3 Å². The highest BCUT2D eigenvalue weighted by Crippen LogP contribution is 2.44. The first-order chi connectivity index (χ1) is 47.8. The molecule has 0 bridgehead atoms. The predicted octanol–water partition coefficient (Wildman–Crippen LogP) is 33.2. The highest BCUT2D eigenvalue weighted by molar-refractivity contribution is 9.11. The molecule has 0 fully saturated rings. The molecule has 0 aliphatic rings. The van der Waals surface area contributed by atoms with Crippen LogP contribution in [0.5, 0.6) is 0 Å². The SMILES string of the molecule is Cc1cc(C(F)(F)F)cc(Br)c1C.Cc1cc(C(F)(F)F)cc(Br)c1Cl.Cc1cc(C(F)(F)F)cc(Br)c1F.Cc1cc(C(F)(F)F)cc(Cl)c1Br.Cc1cc(C(F)(F)F)cc(Cl)c1C.Cc1cc(C(F)(F)F)cc(Cl)c1C(F)(F)F.Cc1cc(C(F)(F)F)cc(F)c1Br.Cc1cc(C(F)(F)F)cc(F)c1Cl. The van der Waals surface area contributed by atoms with Crippen molar-refractivity contribution in [2.75, 3.05) is 0 Å². The van der Waals surface area contributed by atoms with Gasteiger partial charge in [0.2, 0.25) is 0 Å². The summed E-state index contributed by atoms with van der Waals surface area (Å²) >= 11 is 42.1. The van der Waals surface area contributed by atoms with Crippen molar-refractivity contribution in [2.24, 2.45) is 0 Å². The Hall–Kier alpha value is -4.49. The van der Waals surface area contributed by atoms with Crippen molar-refractivity contribution < 1.29 is 132 Å². The van der Waals surface area contributed by atoms with Crippen molar-refractivity contribution in [3.63, 3.8) is 0 Å². The zero-order chi connectivity index (χ0) is 84.3. The summed E-state index contributed by atoms with van der Waals surface area (Å²) in [5, 5.41) is -0.666. The normalized spacial score (nSPS) is 12.0. The second-order valence-electron chi connectivity index (χ2n) is 21.9. The largest absolute Gasteiger partial charge is 0.418 e. The molecule has 0 nitrogen and oxygen atoms in total. The Morgan fingerprint density at radius 1 is 0.224 bits per heavy atom. The molecule has 0 spiro atoms. The van der Waals surface area contributed by atoms with Crippen molar-refractivity contribution in [1.29, 1.82) is 0 Å². The topological polar surface area (TPSA) is 0 Å². The number of hydrogen-bond acceptors (Lipinski definition) is 0. The molecule has 0 heterocycles. The monoisotopic (exact) mass is 1990 g/mol. The first-order valence-electron chi connectivity index (χ1n) is 28.0. The van der Waals surface area contributed by atoms with Crippen molar-refractivity contribution in [3.8, 4) is 0 Å². The van der Waals surface area contributed by atoms with Gasteiger partial charge in [0.25, 0.3) is 0 Å². The molecule has 0 aromatic heterocycles. The first-order valence-corrected chi connectivity index (χ1v) is 33.9. The van der Waals surface area contributed by atoms with Gasteiger partial charge in [-0.3, -0.25) is 0 Å². The van der Waals surface area contributed by atoms with Crippen LogP contribution in [-0.2, 0) is 55.6 Å². The lowest BCUT2D eigenvalue weighted by molar-refractivity contribution is -0.141. The molecule has 0 saturated heterocycles. The van der Waals surface area contributed by atoms with E-state index in [1.807, 2.05) is 0 Å². The van der Waals surface area contributed by atoms with Gasteiger partial charge in [-0.25, -0.2) is 13.2 Å². The first kappa shape index (κ1) is 101. The molecule has 107 heavy (non-hydrogen) atoms. The molecule has 0 aliphatic heterocycles. The van der Waals surface area contributed by atoms with Gasteiger partial charge >= 0.3 is 55.6 Å². The zero-order valence-electron chi connectivity index (χ0n) is 54.9. The average molecular weight is 2000 g/mol. The van der Waals surface area contributed by atoms with Gasteiger partial charge in [-0.2, -0.15) is 119 Å². The number of benzene rings is 8. The number of halogens is 40. The summed E-state index contributed by atoms with van der Waals surface area (Å²) < 4.78 is 369. The van der Waals surface area contributed by atoms with E-state index in [9.17, 15) is 132 Å². The van der Waals surface area contributed by atoms with Gasteiger partial charge in [-0.05, 0) is 286 Å². The minimum atomic E-state index is -4.76. The molecule has 0 aliphatic carbocycles. The molecular formula is C67H46Br5Cl5F30. The number of alkyl halides is 27. The number of rotatable bonds is 0. The Bertz CT molecular complexity index is 3530. The molecule has 0 amide bonds. The minimum absolute atomic E-state index is 0.0262. The lowest BCUT2D eigenvalue weighted by Crippen LogP contribution is -2.12. The summed E-state index contributed by atoms with van der Waals surface area (Å²) in [6, 6.07) is 13.0. The van der Waals surface area contributed by atoms with Gasteiger partial charge in [0, 0.05) is 18.4 Å². The van der Waals surface area contributed by atoms with Crippen LogP contribution >= 0.6 is 138 Å². The Kier molecular flexibility index (Phi) is 36.9. The molecule has 0 atom stereocenters. The van der Waals surface area contributed by atoms with Crippen LogP contribution in [0.15, 0.2) is 119 Å². The van der Waals surface area contributed by atoms with E-state index in [2.05, 4.69) is 79.6 Å². The maximum Gasteiger partial charge on any atom is 0.418 e. The molecule has 0 N–H and O–H groups in total. The van der Waals surface area contributed by atoms with Crippen LogP contribution in [0.3, 0.4) is 0 Å². The van der Waals surface area contributed by atoms with Crippen molar-refractivity contribution >= 4 is 138 Å². The molecule has 0 unspecified atom stereocenters. The molecule has 8 rings (SSSR count). The van der Waals surface area contributed by atoms with Crippen LogP contribution < -0.4 is 0 Å². The van der Waals surface area contributed by atoms with Crippen LogP contribution in [-0.4, -0.2) is 0 Å². The second-order valence-corrected chi connectivity index (χ2v) is 28.0. The standard InChI is InChI=1S/C9H8BrF3.C9H5ClF6.C9H8ClF3.2C8H5BrClF3.2C8H5BrF4.C8H5ClF4/c1-5-3-7(9(11,12)13)4-8(10)6(5)2;1-4-2-5(8(11,12)13)3-6(10)7(4)9(14,15)16;1-5-3-7(9(11,12)13)4-8(10)6(5)2;1-4-2-5(8(11,12)13)3-6(10)7(4)9;1-4-2-5(8(11,12)13)3-6(9)7(4)10;1-4-2-5(8(11,12)13)3-6(10)7(4)9;1-4-2-5(8(11,12)13)3-6(9)7(4)10;1-4-2-5(8(11,12)13)3-6(10)7(4)9/h3-4H,1-2H3;2-3H,1H3;3-4H,1-2H3;5*2-3H,1H3. The second kappa shape index (κ2) is 39.3. The van der Waals surface area contributed by atoms with Crippen LogP contribution in [0.1, 0.15) is 106 Å². The van der Waals surface area contributed by atoms with E-state index in [1.165, 1.54) is 27.7 Å². The molecular weight excluding hydrogens is 1950 g/mol. The fourth-order valence-electron chi connectivity index (χ4n) is 7.68. The smallest absolute Gasteiger partial charge is 0.206 e. The maximum absolute atomic E-state index is 12.9. The summed E-state index contributed by atoms with van der Waals surface area (Å²) in [5.41, 5.74) is -4.65. The van der Waals surface area contributed by atoms with Crippen molar-refractivity contribution in [2.45, 2.75) is 125 Å². The van der Waals surface area contributed by atoms with Crippen molar-refractivity contribution in [1.82, 2.24) is 0 Å². The third-order valence-electron chi connectivity index (χ3n) is 13.4. The van der Waals surface area contributed by atoms with Gasteiger partial charge < -0.3 is 0 Å². The summed E-state index contributed by atoms with van der Waals surface area (Å²) in [7, 11) is 0. The van der Waals surface area contributed by atoms with Gasteiger partial charge in [0.05, 0.1) is 79.1 Å². The molecule has 8 aromatic carbocycles. The fourth-order valence-corrected chi connectivity index (χ4v) is 10.9. The Morgan fingerprint density at radius 3 is 0.785 bits per heavy atom. The molecule has 0 saturated carbocycles. The van der Waals surface area contributed by atoms with Crippen LogP contribution in [0.25, 0.3) is 0 Å². The Labute approximate surface area is 657 Å². The molecule has 0 radical (unpaired) electrons. The van der Waals surface area contributed by atoms with Crippen molar-refractivity contribution in [3.05, 3.63) is 268 Å². The fraction of sp³-hybridized carbons (Fsp3) is 0.284. The zero-order valence-corrected chi connectivity index (χ0v) is 66.6.